The molecule has 2 amide bonds. The Kier molecular flexibility index (Phi) is 6.45. The molecule has 134 valence electrons. The van der Waals surface area contributed by atoms with Crippen molar-refractivity contribution in [3.8, 4) is 6.07 Å². The number of amides is 2. The minimum absolute atomic E-state index is 0.162. The van der Waals surface area contributed by atoms with Gasteiger partial charge in [0, 0.05) is 19.0 Å². The van der Waals surface area contributed by atoms with E-state index in [4.69, 9.17) is 0 Å². The van der Waals surface area contributed by atoms with Crippen LogP contribution in [0.2, 0.25) is 0 Å². The average molecular weight is 349 g/mol. The molecule has 2 N–H and O–H groups in total. The molecule has 0 aliphatic heterocycles. The Morgan fingerprint density at radius 3 is 2.56 bits per heavy atom. The van der Waals surface area contributed by atoms with E-state index in [1.54, 1.807) is 0 Å². The number of rotatable bonds is 6. The zero-order valence-corrected chi connectivity index (χ0v) is 13.9. The number of carbonyl (C=O) groups excluding carboxylic acids is 2. The van der Waals surface area contributed by atoms with E-state index < -0.39 is 23.1 Å². The highest BCUT2D eigenvalue weighted by Gasteiger charge is 2.33. The molecule has 5 nitrogen and oxygen atoms in total. The Hall–Kier alpha value is -2.49. The topological polar surface area (TPSA) is 82.0 Å². The molecular weight excluding hydrogens is 328 g/mol. The van der Waals surface area contributed by atoms with Gasteiger partial charge in [-0.2, -0.15) is 5.26 Å². The molecule has 1 saturated carbocycles. The molecule has 0 spiro atoms. The van der Waals surface area contributed by atoms with Crippen molar-refractivity contribution in [1.82, 2.24) is 10.6 Å². The van der Waals surface area contributed by atoms with Crippen LogP contribution in [0.15, 0.2) is 18.2 Å². The van der Waals surface area contributed by atoms with Crippen molar-refractivity contribution in [2.75, 3.05) is 6.54 Å². The molecule has 7 heteroatoms. The summed E-state index contributed by atoms with van der Waals surface area (Å²) in [6, 6.07) is 4.95. The highest BCUT2D eigenvalue weighted by atomic mass is 19.1. The summed E-state index contributed by atoms with van der Waals surface area (Å²) in [7, 11) is 0. The van der Waals surface area contributed by atoms with Crippen molar-refractivity contribution < 1.29 is 18.4 Å². The maximum atomic E-state index is 13.5. The number of nitriles is 1. The first-order chi connectivity index (χ1) is 12.0. The van der Waals surface area contributed by atoms with Gasteiger partial charge in [0.1, 0.15) is 17.2 Å². The van der Waals surface area contributed by atoms with Crippen LogP contribution in [0, 0.1) is 23.0 Å². The van der Waals surface area contributed by atoms with Crippen molar-refractivity contribution in [3.05, 3.63) is 35.4 Å². The first kappa shape index (κ1) is 18.8. The summed E-state index contributed by atoms with van der Waals surface area (Å²) in [5, 5.41) is 14.6. The van der Waals surface area contributed by atoms with E-state index in [0.29, 0.717) is 25.3 Å². The molecule has 0 unspecified atom stereocenters. The molecule has 1 aliphatic rings. The van der Waals surface area contributed by atoms with Crippen molar-refractivity contribution >= 4 is 11.8 Å². The van der Waals surface area contributed by atoms with Gasteiger partial charge in [0.15, 0.2) is 0 Å². The lowest BCUT2D eigenvalue weighted by Gasteiger charge is -2.31. The fourth-order valence-corrected chi connectivity index (χ4v) is 2.97. The molecule has 0 bridgehead atoms. The largest absolute Gasteiger partial charge is 0.352 e. The number of halogens is 2. The van der Waals surface area contributed by atoms with Crippen molar-refractivity contribution in [1.29, 1.82) is 5.26 Å². The zero-order chi connectivity index (χ0) is 18.3. The third kappa shape index (κ3) is 5.24. The maximum absolute atomic E-state index is 13.5. The minimum Gasteiger partial charge on any atom is -0.352 e. The van der Waals surface area contributed by atoms with E-state index in [9.17, 15) is 23.6 Å². The molecule has 1 aromatic rings. The molecule has 0 aromatic heterocycles. The van der Waals surface area contributed by atoms with Gasteiger partial charge in [-0.3, -0.25) is 9.59 Å². The van der Waals surface area contributed by atoms with Crippen LogP contribution >= 0.6 is 0 Å². The van der Waals surface area contributed by atoms with E-state index in [1.807, 2.05) is 0 Å². The van der Waals surface area contributed by atoms with Crippen LogP contribution in [0.4, 0.5) is 8.78 Å². The average Bonchev–Trinajstić information content (AvgIpc) is 2.59. The number of hydrogen-bond acceptors (Lipinski definition) is 3. The lowest BCUT2D eigenvalue weighted by molar-refractivity contribution is -0.122. The third-order valence-corrected chi connectivity index (χ3v) is 4.34. The van der Waals surface area contributed by atoms with Crippen LogP contribution in [-0.4, -0.2) is 23.9 Å². The Bertz CT molecular complexity index is 679. The molecule has 2 rings (SSSR count). The Morgan fingerprint density at radius 2 is 1.92 bits per heavy atom. The fraction of sp³-hybridized carbons (Fsp3) is 0.500. The molecule has 1 aromatic carbocycles. The van der Waals surface area contributed by atoms with Crippen molar-refractivity contribution in [2.45, 2.75) is 50.5 Å². The first-order valence-corrected chi connectivity index (χ1v) is 8.41. The Morgan fingerprint density at radius 1 is 1.20 bits per heavy atom. The van der Waals surface area contributed by atoms with Gasteiger partial charge in [-0.25, -0.2) is 8.78 Å². The molecule has 0 heterocycles. The highest BCUT2D eigenvalue weighted by molar-refractivity contribution is 5.94. The summed E-state index contributed by atoms with van der Waals surface area (Å²) >= 11 is 0. The van der Waals surface area contributed by atoms with Gasteiger partial charge in [0.2, 0.25) is 5.91 Å². The van der Waals surface area contributed by atoms with E-state index in [1.165, 1.54) is 0 Å². The summed E-state index contributed by atoms with van der Waals surface area (Å²) in [4.78, 5) is 23.8. The second-order valence-electron chi connectivity index (χ2n) is 6.29. The van der Waals surface area contributed by atoms with Gasteiger partial charge in [-0.15, -0.1) is 0 Å². The van der Waals surface area contributed by atoms with Crippen LogP contribution < -0.4 is 10.6 Å². The number of nitrogens with one attached hydrogen (secondary N) is 2. The monoisotopic (exact) mass is 349 g/mol. The molecule has 25 heavy (non-hydrogen) atoms. The van der Waals surface area contributed by atoms with E-state index in [2.05, 4.69) is 16.7 Å². The number of carbonyl (C=O) groups is 2. The van der Waals surface area contributed by atoms with Crippen molar-refractivity contribution in [3.63, 3.8) is 0 Å². The highest BCUT2D eigenvalue weighted by Crippen LogP contribution is 2.27. The minimum atomic E-state index is -0.927. The molecule has 0 saturated heterocycles. The van der Waals surface area contributed by atoms with Gasteiger partial charge in [0.05, 0.1) is 11.6 Å². The third-order valence-electron chi connectivity index (χ3n) is 4.34. The van der Waals surface area contributed by atoms with E-state index >= 15 is 0 Å². The van der Waals surface area contributed by atoms with Gasteiger partial charge in [-0.05, 0) is 31.4 Å². The standard InChI is InChI=1S/C18H21F2N3O2/c19-13-6-7-14(15(20)11-13)17(25)22-10-4-5-16(24)23-18(12-21)8-2-1-3-9-18/h6-7,11H,1-5,8-10H2,(H,22,25)(H,23,24). The normalized spacial score (nSPS) is 15.9. The zero-order valence-electron chi connectivity index (χ0n) is 13.9. The summed E-state index contributed by atoms with van der Waals surface area (Å²) in [5.74, 6) is -2.56. The van der Waals surface area contributed by atoms with Crippen LogP contribution in [-0.2, 0) is 4.79 Å². The fourth-order valence-electron chi connectivity index (χ4n) is 2.97. The van der Waals surface area contributed by atoms with Crippen LogP contribution in [0.3, 0.4) is 0 Å². The summed E-state index contributed by atoms with van der Waals surface area (Å²) < 4.78 is 26.3. The lowest BCUT2D eigenvalue weighted by Crippen LogP contribution is -2.48. The second kappa shape index (κ2) is 8.56. The Balaban J connectivity index is 1.74. The Labute approximate surface area is 145 Å². The number of benzene rings is 1. The lowest BCUT2D eigenvalue weighted by atomic mass is 9.83. The van der Waals surface area contributed by atoms with Gasteiger partial charge >= 0.3 is 0 Å². The van der Waals surface area contributed by atoms with E-state index in [-0.39, 0.29) is 24.4 Å². The van der Waals surface area contributed by atoms with E-state index in [0.717, 1.165) is 31.4 Å². The summed E-state index contributed by atoms with van der Waals surface area (Å²) in [6.45, 7) is 0.183. The van der Waals surface area contributed by atoms with Gasteiger partial charge in [-0.1, -0.05) is 19.3 Å². The summed E-state index contributed by atoms with van der Waals surface area (Å²) in [5.41, 5.74) is -1.01. The molecule has 0 atom stereocenters. The molecule has 0 radical (unpaired) electrons. The van der Waals surface area contributed by atoms with Crippen LogP contribution in [0.1, 0.15) is 55.3 Å². The molecular formula is C18H21F2N3O2. The first-order valence-electron chi connectivity index (χ1n) is 8.41. The number of nitrogens with zero attached hydrogens (tertiary/aromatic N) is 1. The molecule has 1 fully saturated rings. The number of hydrogen-bond donors (Lipinski definition) is 2. The van der Waals surface area contributed by atoms with Gasteiger partial charge in [0.25, 0.3) is 5.91 Å². The van der Waals surface area contributed by atoms with Crippen LogP contribution in [0.5, 0.6) is 0 Å². The summed E-state index contributed by atoms with van der Waals surface area (Å²) in [6.07, 6.45) is 4.77. The predicted molar refractivity (Wildman–Crippen MR) is 87.5 cm³/mol. The van der Waals surface area contributed by atoms with Crippen LogP contribution in [0.25, 0.3) is 0 Å². The quantitative estimate of drug-likeness (QED) is 0.775. The SMILES string of the molecule is N#CC1(NC(=O)CCCNC(=O)c2ccc(F)cc2F)CCCCC1. The smallest absolute Gasteiger partial charge is 0.254 e. The molecule has 1 aliphatic carbocycles. The maximum Gasteiger partial charge on any atom is 0.254 e. The predicted octanol–water partition coefficient (Wildman–Crippen LogP) is 2.82. The van der Waals surface area contributed by atoms with Crippen molar-refractivity contribution in [2.24, 2.45) is 0 Å². The second-order valence-corrected chi connectivity index (χ2v) is 6.29. The van der Waals surface area contributed by atoms with Gasteiger partial charge < -0.3 is 10.6 Å².